The van der Waals surface area contributed by atoms with Crippen molar-refractivity contribution >= 4 is 5.97 Å². The van der Waals surface area contributed by atoms with Gasteiger partial charge in [-0.3, -0.25) is 0 Å². The number of carbonyl (C=O) groups is 1. The van der Waals surface area contributed by atoms with E-state index >= 15 is 0 Å². The second kappa shape index (κ2) is 12.4. The number of carboxylic acid groups (broad SMARTS) is 1. The van der Waals surface area contributed by atoms with Gasteiger partial charge >= 0.3 is 29.6 Å². The standard InChI is InChI=1S/C9H18O3.Na/c10-8-6-4-2-1-3-5-7-9(11)12;/h10H,1-8H2,(H,11,12);/q;+1/p-1. The number of hydrogen-bond acceptors (Lipinski definition) is 3. The summed E-state index contributed by atoms with van der Waals surface area (Å²) in [5.41, 5.74) is 0. The monoisotopic (exact) mass is 196 g/mol. The summed E-state index contributed by atoms with van der Waals surface area (Å²) < 4.78 is 0. The number of unbranched alkanes of at least 4 members (excludes halogenated alkanes) is 5. The van der Waals surface area contributed by atoms with Gasteiger partial charge < -0.3 is 15.0 Å². The number of rotatable bonds is 8. The molecule has 0 aliphatic rings. The average molecular weight is 196 g/mol. The van der Waals surface area contributed by atoms with E-state index in [1.807, 2.05) is 0 Å². The number of carbonyl (C=O) groups excluding carboxylic acids is 1. The molecular formula is C9H17NaO3. The Hall–Kier alpha value is 0.430. The van der Waals surface area contributed by atoms with Crippen molar-refractivity contribution < 1.29 is 44.6 Å². The Morgan fingerprint density at radius 1 is 1.00 bits per heavy atom. The Morgan fingerprint density at radius 2 is 1.46 bits per heavy atom. The van der Waals surface area contributed by atoms with Crippen LogP contribution in [0.15, 0.2) is 0 Å². The summed E-state index contributed by atoms with van der Waals surface area (Å²) in [4.78, 5) is 9.99. The predicted molar refractivity (Wildman–Crippen MR) is 44.4 cm³/mol. The van der Waals surface area contributed by atoms with E-state index < -0.39 is 5.97 Å². The maximum absolute atomic E-state index is 9.99. The van der Waals surface area contributed by atoms with Crippen LogP contribution >= 0.6 is 0 Å². The minimum atomic E-state index is -0.953. The summed E-state index contributed by atoms with van der Waals surface area (Å²) in [7, 11) is 0. The van der Waals surface area contributed by atoms with Crippen molar-refractivity contribution in [3.63, 3.8) is 0 Å². The van der Waals surface area contributed by atoms with Crippen LogP contribution < -0.4 is 34.7 Å². The summed E-state index contributed by atoms with van der Waals surface area (Å²) in [6.07, 6.45) is 5.92. The number of hydrogen-bond donors (Lipinski definition) is 1. The second-order valence-corrected chi connectivity index (χ2v) is 2.97. The summed E-state index contributed by atoms with van der Waals surface area (Å²) in [5.74, 6) is -0.953. The van der Waals surface area contributed by atoms with Gasteiger partial charge in [-0.2, -0.15) is 0 Å². The molecule has 4 heteroatoms. The molecule has 0 rings (SSSR count). The van der Waals surface area contributed by atoms with Gasteiger partial charge in [-0.25, -0.2) is 0 Å². The molecule has 13 heavy (non-hydrogen) atoms. The molecule has 0 saturated heterocycles. The fourth-order valence-electron chi connectivity index (χ4n) is 1.09. The van der Waals surface area contributed by atoms with Gasteiger partial charge in [0, 0.05) is 12.6 Å². The molecule has 0 bridgehead atoms. The molecule has 1 N–H and O–H groups in total. The maximum atomic E-state index is 9.99. The molecule has 0 aliphatic carbocycles. The molecule has 0 fully saturated rings. The zero-order valence-corrected chi connectivity index (χ0v) is 10.4. The van der Waals surface area contributed by atoms with Crippen molar-refractivity contribution in [1.82, 2.24) is 0 Å². The first-order chi connectivity index (χ1) is 5.77. The van der Waals surface area contributed by atoms with Crippen LogP contribution in [-0.4, -0.2) is 17.7 Å². The van der Waals surface area contributed by atoms with Gasteiger partial charge in [0.25, 0.3) is 0 Å². The minimum absolute atomic E-state index is 0. The van der Waals surface area contributed by atoms with Crippen LogP contribution in [0.2, 0.25) is 0 Å². The Kier molecular flexibility index (Phi) is 15.2. The first-order valence-electron chi connectivity index (χ1n) is 4.58. The zero-order chi connectivity index (χ0) is 9.23. The number of aliphatic carboxylic acids is 1. The maximum Gasteiger partial charge on any atom is 1.00 e. The third-order valence-corrected chi connectivity index (χ3v) is 1.79. The summed E-state index contributed by atoms with van der Waals surface area (Å²) in [6.45, 7) is 0.263. The second-order valence-electron chi connectivity index (χ2n) is 2.97. The molecule has 72 valence electrons. The molecule has 0 spiro atoms. The van der Waals surface area contributed by atoms with Gasteiger partial charge in [0.15, 0.2) is 0 Å². The average Bonchev–Trinajstić information content (AvgIpc) is 2.02. The number of carboxylic acids is 1. The van der Waals surface area contributed by atoms with E-state index in [2.05, 4.69) is 0 Å². The molecule has 0 unspecified atom stereocenters. The van der Waals surface area contributed by atoms with E-state index in [0.717, 1.165) is 38.5 Å². The molecule has 3 nitrogen and oxygen atoms in total. The summed E-state index contributed by atoms with van der Waals surface area (Å²) in [6, 6.07) is 0. The van der Waals surface area contributed by atoms with E-state index in [4.69, 9.17) is 5.11 Å². The number of aliphatic hydroxyl groups is 1. The Morgan fingerprint density at radius 3 is 1.92 bits per heavy atom. The smallest absolute Gasteiger partial charge is 0.550 e. The fourth-order valence-corrected chi connectivity index (χ4v) is 1.09. The number of aliphatic hydroxyl groups excluding tert-OH is 1. The molecule has 0 amide bonds. The van der Waals surface area contributed by atoms with Crippen LogP contribution in [0.3, 0.4) is 0 Å². The van der Waals surface area contributed by atoms with Gasteiger partial charge in [0.2, 0.25) is 0 Å². The molecule has 0 aromatic heterocycles. The first-order valence-corrected chi connectivity index (χ1v) is 4.58. The van der Waals surface area contributed by atoms with E-state index in [0.29, 0.717) is 0 Å². The van der Waals surface area contributed by atoms with Crippen LogP contribution in [0.5, 0.6) is 0 Å². The van der Waals surface area contributed by atoms with E-state index in [9.17, 15) is 9.90 Å². The van der Waals surface area contributed by atoms with E-state index in [1.165, 1.54) is 0 Å². The van der Waals surface area contributed by atoms with Gasteiger partial charge in [0.05, 0.1) is 0 Å². The van der Waals surface area contributed by atoms with Crippen molar-refractivity contribution in [1.29, 1.82) is 0 Å². The molecule has 0 aromatic rings. The van der Waals surface area contributed by atoms with Crippen LogP contribution in [0.1, 0.15) is 44.9 Å². The van der Waals surface area contributed by atoms with Crippen LogP contribution in [0, 0.1) is 0 Å². The van der Waals surface area contributed by atoms with Crippen LogP contribution in [-0.2, 0) is 4.79 Å². The van der Waals surface area contributed by atoms with Gasteiger partial charge in [-0.05, 0) is 19.3 Å². The summed E-state index contributed by atoms with van der Waals surface area (Å²) >= 11 is 0. The molecule has 0 aliphatic heterocycles. The molecule has 0 atom stereocenters. The Labute approximate surface area is 102 Å². The molecule has 0 heterocycles. The van der Waals surface area contributed by atoms with Crippen LogP contribution in [0.25, 0.3) is 0 Å². The van der Waals surface area contributed by atoms with Crippen molar-refractivity contribution in [2.24, 2.45) is 0 Å². The third kappa shape index (κ3) is 15.2. The zero-order valence-electron chi connectivity index (χ0n) is 8.42. The topological polar surface area (TPSA) is 60.4 Å². The van der Waals surface area contributed by atoms with Crippen molar-refractivity contribution in [2.75, 3.05) is 6.61 Å². The van der Waals surface area contributed by atoms with E-state index in [1.54, 1.807) is 0 Å². The minimum Gasteiger partial charge on any atom is -0.550 e. The predicted octanol–water partition coefficient (Wildman–Crippen LogP) is -2.54. The largest absolute Gasteiger partial charge is 1.00 e. The first kappa shape index (κ1) is 15.9. The normalized spacial score (nSPS) is 9.31. The molecular weight excluding hydrogens is 179 g/mol. The van der Waals surface area contributed by atoms with Crippen molar-refractivity contribution in [2.45, 2.75) is 44.9 Å². The van der Waals surface area contributed by atoms with Gasteiger partial charge in [-0.15, -0.1) is 0 Å². The molecule has 0 aromatic carbocycles. The third-order valence-electron chi connectivity index (χ3n) is 1.79. The van der Waals surface area contributed by atoms with Crippen LogP contribution in [0.4, 0.5) is 0 Å². The van der Waals surface area contributed by atoms with Crippen molar-refractivity contribution in [3.05, 3.63) is 0 Å². The Bertz CT molecular complexity index is 117. The quantitative estimate of drug-likeness (QED) is 0.344. The fraction of sp³-hybridized carbons (Fsp3) is 0.889. The summed E-state index contributed by atoms with van der Waals surface area (Å²) in [5, 5.41) is 18.4. The van der Waals surface area contributed by atoms with Gasteiger partial charge in [-0.1, -0.05) is 25.7 Å². The Balaban J connectivity index is 0. The molecule has 0 radical (unpaired) electrons. The molecule has 0 saturated carbocycles. The van der Waals surface area contributed by atoms with Gasteiger partial charge in [0.1, 0.15) is 0 Å². The SMILES string of the molecule is O=C([O-])CCCCCCCCO.[Na+]. The van der Waals surface area contributed by atoms with Crippen molar-refractivity contribution in [3.8, 4) is 0 Å². The van der Waals surface area contributed by atoms with E-state index in [-0.39, 0.29) is 42.6 Å².